The zero-order chi connectivity index (χ0) is 26.6. The number of para-hydroxylation sites is 1. The monoisotopic (exact) mass is 498 g/mol. The Bertz CT molecular complexity index is 1130. The van der Waals surface area contributed by atoms with Crippen LogP contribution in [-0.2, 0) is 11.2 Å². The molecule has 0 radical (unpaired) electrons. The number of hydrogen-bond donors (Lipinski definition) is 2. The average molecular weight is 499 g/mol. The van der Waals surface area contributed by atoms with Gasteiger partial charge >= 0.3 is 0 Å². The number of benzene rings is 3. The van der Waals surface area contributed by atoms with Gasteiger partial charge in [0.15, 0.2) is 0 Å². The van der Waals surface area contributed by atoms with E-state index >= 15 is 0 Å². The molecule has 1 aliphatic rings. The van der Waals surface area contributed by atoms with Crippen LogP contribution in [0.2, 0.25) is 0 Å². The average Bonchev–Trinajstić information content (AvgIpc) is 2.90. The van der Waals surface area contributed by atoms with E-state index in [1.165, 1.54) is 56.4 Å². The molecular formula is C33H42N2O2. The van der Waals surface area contributed by atoms with Crippen LogP contribution in [-0.4, -0.2) is 35.5 Å². The second kappa shape index (κ2) is 14.4. The Morgan fingerprint density at radius 3 is 2.30 bits per heavy atom. The van der Waals surface area contributed by atoms with Crippen molar-refractivity contribution in [3.05, 3.63) is 102 Å². The first-order valence-corrected chi connectivity index (χ1v) is 13.4. The van der Waals surface area contributed by atoms with Gasteiger partial charge in [-0.3, -0.25) is 4.79 Å². The van der Waals surface area contributed by atoms with E-state index in [2.05, 4.69) is 65.3 Å². The number of rotatable bonds is 8. The number of phenolic OH excluding ortho intramolecular Hbond substituents is 1. The molecule has 37 heavy (non-hydrogen) atoms. The maximum Gasteiger partial charge on any atom is 0.226 e. The van der Waals surface area contributed by atoms with E-state index in [1.54, 1.807) is 12.1 Å². The number of amides is 1. The van der Waals surface area contributed by atoms with Crippen molar-refractivity contribution in [2.75, 3.05) is 25.0 Å². The minimum Gasteiger partial charge on any atom is -0.507 e. The molecule has 0 bridgehead atoms. The summed E-state index contributed by atoms with van der Waals surface area (Å²) in [6.45, 7) is 13.0. The van der Waals surface area contributed by atoms with Crippen molar-refractivity contribution in [2.45, 2.75) is 52.4 Å². The molecule has 0 unspecified atom stereocenters. The number of phenols is 1. The summed E-state index contributed by atoms with van der Waals surface area (Å²) in [5.41, 5.74) is 5.44. The fourth-order valence-electron chi connectivity index (χ4n) is 4.63. The van der Waals surface area contributed by atoms with E-state index < -0.39 is 0 Å². The zero-order valence-electron chi connectivity index (χ0n) is 22.6. The molecule has 0 atom stereocenters. The van der Waals surface area contributed by atoms with Gasteiger partial charge in [0.2, 0.25) is 5.91 Å². The first-order valence-electron chi connectivity index (χ1n) is 13.4. The van der Waals surface area contributed by atoms with Crippen molar-refractivity contribution in [1.82, 2.24) is 4.90 Å². The lowest BCUT2D eigenvalue weighted by molar-refractivity contribution is -0.118. The van der Waals surface area contributed by atoms with Crippen LogP contribution in [0.3, 0.4) is 0 Å². The molecule has 3 aromatic carbocycles. The Hall–Kier alpha value is -3.37. The largest absolute Gasteiger partial charge is 0.507 e. The lowest BCUT2D eigenvalue weighted by Crippen LogP contribution is -2.33. The maximum atomic E-state index is 11.9. The van der Waals surface area contributed by atoms with Gasteiger partial charge < -0.3 is 15.3 Å². The Balaban J connectivity index is 0.000000319. The number of piperidine rings is 1. The quantitative estimate of drug-likeness (QED) is 0.338. The van der Waals surface area contributed by atoms with E-state index in [1.807, 2.05) is 39.0 Å². The summed E-state index contributed by atoms with van der Waals surface area (Å²) in [6.07, 6.45) is 4.80. The predicted molar refractivity (Wildman–Crippen MR) is 156 cm³/mol. The van der Waals surface area contributed by atoms with E-state index in [0.717, 1.165) is 16.8 Å². The van der Waals surface area contributed by atoms with Crippen LogP contribution < -0.4 is 5.32 Å². The van der Waals surface area contributed by atoms with Crippen LogP contribution in [0.1, 0.15) is 62.6 Å². The molecule has 0 aromatic heterocycles. The molecule has 2 N–H and O–H groups in total. The van der Waals surface area contributed by atoms with Gasteiger partial charge in [-0.1, -0.05) is 81.1 Å². The van der Waals surface area contributed by atoms with Crippen LogP contribution in [0.5, 0.6) is 5.75 Å². The van der Waals surface area contributed by atoms with Crippen molar-refractivity contribution in [2.24, 2.45) is 5.92 Å². The topological polar surface area (TPSA) is 52.6 Å². The molecule has 4 rings (SSSR count). The summed E-state index contributed by atoms with van der Waals surface area (Å²) < 4.78 is 0. The van der Waals surface area contributed by atoms with E-state index in [4.69, 9.17) is 0 Å². The molecule has 1 aliphatic heterocycles. The molecule has 4 heteroatoms. The Kier molecular flexibility index (Phi) is 11.0. The fraction of sp³-hybridized carbons (Fsp3) is 0.364. The summed E-state index contributed by atoms with van der Waals surface area (Å²) in [6, 6.07) is 26.4. The summed E-state index contributed by atoms with van der Waals surface area (Å²) >= 11 is 0. The second-order valence-electron chi connectivity index (χ2n) is 10.3. The third kappa shape index (κ3) is 9.22. The highest BCUT2D eigenvalue weighted by Crippen LogP contribution is 2.30. The highest BCUT2D eigenvalue weighted by Gasteiger charge is 2.20. The summed E-state index contributed by atoms with van der Waals surface area (Å²) in [7, 11) is 0. The van der Waals surface area contributed by atoms with Gasteiger partial charge in [-0.15, -0.1) is 0 Å². The molecular weight excluding hydrogens is 456 g/mol. The number of allylic oxidation sites excluding steroid dienone is 1. The van der Waals surface area contributed by atoms with Crippen LogP contribution >= 0.6 is 0 Å². The number of aryl methyl sites for hydroxylation is 1. The molecule has 1 fully saturated rings. The highest BCUT2D eigenvalue weighted by molar-refractivity contribution is 5.92. The van der Waals surface area contributed by atoms with E-state index in [0.29, 0.717) is 11.7 Å². The third-order valence-electron chi connectivity index (χ3n) is 6.88. The van der Waals surface area contributed by atoms with Crippen molar-refractivity contribution in [3.8, 4) is 5.75 Å². The number of carbonyl (C=O) groups excluding carboxylic acids is 1. The summed E-state index contributed by atoms with van der Waals surface area (Å²) in [5, 5.41) is 12.2. The summed E-state index contributed by atoms with van der Waals surface area (Å²) in [4.78, 5) is 14.5. The van der Waals surface area contributed by atoms with Crippen molar-refractivity contribution in [3.63, 3.8) is 0 Å². The van der Waals surface area contributed by atoms with Crippen molar-refractivity contribution < 1.29 is 9.90 Å². The molecule has 1 amide bonds. The highest BCUT2D eigenvalue weighted by atomic mass is 16.3. The lowest BCUT2D eigenvalue weighted by Gasteiger charge is -2.32. The number of nitrogens with one attached hydrogen (secondary N) is 1. The molecule has 0 saturated carbocycles. The molecule has 3 aromatic rings. The SMILES string of the molecule is C=C(C)c1ccccc1O.CC(C)C(=O)Nc1cccc(C2CCN(CCCc3ccccc3)CC2)c1. The number of likely N-dealkylation sites (tertiary alicyclic amines) is 1. The van der Waals surface area contributed by atoms with E-state index in [9.17, 15) is 9.90 Å². The van der Waals surface area contributed by atoms with Gasteiger partial charge in [-0.05, 0) is 93.1 Å². The van der Waals surface area contributed by atoms with Crippen LogP contribution in [0, 0.1) is 5.92 Å². The summed E-state index contributed by atoms with van der Waals surface area (Å²) in [5.74, 6) is 0.995. The smallest absolute Gasteiger partial charge is 0.226 e. The van der Waals surface area contributed by atoms with Gasteiger partial charge in [0.1, 0.15) is 5.75 Å². The second-order valence-corrected chi connectivity index (χ2v) is 10.3. The molecule has 0 aliphatic carbocycles. The van der Waals surface area contributed by atoms with Crippen molar-refractivity contribution in [1.29, 1.82) is 0 Å². The first-order chi connectivity index (χ1) is 17.8. The Labute approximate surface area is 223 Å². The number of hydrogen-bond acceptors (Lipinski definition) is 3. The van der Waals surface area contributed by atoms with E-state index in [-0.39, 0.29) is 11.8 Å². The van der Waals surface area contributed by atoms with Gasteiger partial charge in [-0.2, -0.15) is 0 Å². The molecule has 1 saturated heterocycles. The third-order valence-corrected chi connectivity index (χ3v) is 6.88. The lowest BCUT2D eigenvalue weighted by atomic mass is 9.89. The number of anilines is 1. The van der Waals surface area contributed by atoms with Gasteiger partial charge in [0.25, 0.3) is 0 Å². The standard InChI is InChI=1S/C24H32N2O.C9H10O/c1-19(2)24(27)25-23-12-6-11-22(18-23)21-13-16-26(17-14-21)15-7-10-20-8-4-3-5-9-20;1-7(2)8-5-3-4-6-9(8)10/h3-6,8-9,11-12,18-19,21H,7,10,13-17H2,1-2H3,(H,25,27);3-6,10H,1H2,2H3. The minimum absolute atomic E-state index is 0.00720. The van der Waals surface area contributed by atoms with Crippen molar-refractivity contribution >= 4 is 17.2 Å². The molecule has 1 heterocycles. The molecule has 4 nitrogen and oxygen atoms in total. The van der Waals surface area contributed by atoms with Gasteiger partial charge in [0.05, 0.1) is 0 Å². The number of nitrogens with zero attached hydrogens (tertiary/aromatic N) is 1. The minimum atomic E-state index is 0.00720. The van der Waals surface area contributed by atoms with Crippen LogP contribution in [0.4, 0.5) is 5.69 Å². The fourth-order valence-corrected chi connectivity index (χ4v) is 4.63. The zero-order valence-corrected chi connectivity index (χ0v) is 22.6. The predicted octanol–water partition coefficient (Wildman–Crippen LogP) is 7.52. The Morgan fingerprint density at radius 2 is 1.68 bits per heavy atom. The first kappa shape index (κ1) is 28.2. The maximum absolute atomic E-state index is 11.9. The molecule has 0 spiro atoms. The van der Waals surface area contributed by atoms with Gasteiger partial charge in [0, 0.05) is 17.2 Å². The Morgan fingerprint density at radius 1 is 1.00 bits per heavy atom. The van der Waals surface area contributed by atoms with Gasteiger partial charge in [-0.25, -0.2) is 0 Å². The van der Waals surface area contributed by atoms with Crippen LogP contribution in [0.15, 0.2) is 85.4 Å². The number of carbonyl (C=O) groups is 1. The molecule has 196 valence electrons. The van der Waals surface area contributed by atoms with Crippen LogP contribution in [0.25, 0.3) is 5.57 Å². The normalized spacial score (nSPS) is 14.1. The number of aromatic hydroxyl groups is 1.